The molecule has 0 aromatic heterocycles. The highest BCUT2D eigenvalue weighted by molar-refractivity contribution is 5.43. The summed E-state index contributed by atoms with van der Waals surface area (Å²) in [5.74, 6) is 0.444. The third kappa shape index (κ3) is 1.45. The zero-order chi connectivity index (χ0) is 9.14. The highest BCUT2D eigenvalue weighted by Crippen LogP contribution is 2.24. The molecule has 0 saturated heterocycles. The van der Waals surface area contributed by atoms with E-state index in [0.29, 0.717) is 5.75 Å². The van der Waals surface area contributed by atoms with Gasteiger partial charge in [0, 0.05) is 0 Å². The zero-order valence-electron chi connectivity index (χ0n) is 8.02. The Morgan fingerprint density at radius 1 is 1.08 bits per heavy atom. The number of phenolic OH excluding ortho intramolecular Hbond substituents is 1. The Labute approximate surface area is 74.1 Å². The lowest BCUT2D eigenvalue weighted by atomic mass is 9.97. The maximum Gasteiger partial charge on any atom is 0.119 e. The Balaban J connectivity index is 3.28. The lowest BCUT2D eigenvalue weighted by Crippen LogP contribution is -1.94. The van der Waals surface area contributed by atoms with Crippen molar-refractivity contribution < 1.29 is 5.11 Å². The molecule has 1 aromatic rings. The number of benzene rings is 1. The van der Waals surface area contributed by atoms with Crippen LogP contribution in [0.15, 0.2) is 12.1 Å². The van der Waals surface area contributed by atoms with E-state index >= 15 is 0 Å². The first kappa shape index (κ1) is 9.11. The highest BCUT2D eigenvalue weighted by Gasteiger charge is 2.06. The summed E-state index contributed by atoms with van der Waals surface area (Å²) < 4.78 is 0. The topological polar surface area (TPSA) is 20.2 Å². The molecule has 0 fully saturated rings. The molecular weight excluding hydrogens is 148 g/mol. The molecular formula is C11H16O. The second kappa shape index (κ2) is 3.61. The molecule has 0 saturated carbocycles. The van der Waals surface area contributed by atoms with E-state index in [1.165, 1.54) is 11.1 Å². The van der Waals surface area contributed by atoms with Gasteiger partial charge < -0.3 is 5.11 Å². The molecule has 0 aliphatic heterocycles. The summed E-state index contributed by atoms with van der Waals surface area (Å²) in [7, 11) is 0. The van der Waals surface area contributed by atoms with Gasteiger partial charge in [-0.3, -0.25) is 0 Å². The molecule has 1 aromatic carbocycles. The molecule has 0 unspecified atom stereocenters. The van der Waals surface area contributed by atoms with Gasteiger partial charge in [-0.2, -0.15) is 0 Å². The van der Waals surface area contributed by atoms with Gasteiger partial charge >= 0.3 is 0 Å². The Bertz CT molecular complexity index is 248. The molecule has 1 nitrogen and oxygen atoms in total. The van der Waals surface area contributed by atoms with Crippen molar-refractivity contribution in [1.82, 2.24) is 0 Å². The van der Waals surface area contributed by atoms with Crippen LogP contribution in [0.4, 0.5) is 0 Å². The quantitative estimate of drug-likeness (QED) is 0.712. The van der Waals surface area contributed by atoms with E-state index in [-0.39, 0.29) is 0 Å². The minimum absolute atomic E-state index is 0.444. The van der Waals surface area contributed by atoms with Crippen LogP contribution in [0.25, 0.3) is 0 Å². The summed E-state index contributed by atoms with van der Waals surface area (Å²) in [5, 5.41) is 9.55. The van der Waals surface area contributed by atoms with Crippen LogP contribution in [-0.2, 0) is 12.8 Å². The van der Waals surface area contributed by atoms with Gasteiger partial charge in [-0.25, -0.2) is 0 Å². The first-order chi connectivity index (χ1) is 5.70. The van der Waals surface area contributed by atoms with Gasteiger partial charge in [0.2, 0.25) is 0 Å². The first-order valence-corrected chi connectivity index (χ1v) is 4.51. The normalized spacial score (nSPS) is 10.2. The van der Waals surface area contributed by atoms with Crippen LogP contribution in [0.1, 0.15) is 30.5 Å². The largest absolute Gasteiger partial charge is 0.508 e. The van der Waals surface area contributed by atoms with E-state index in [9.17, 15) is 5.11 Å². The number of phenols is 1. The van der Waals surface area contributed by atoms with Crippen molar-refractivity contribution in [2.45, 2.75) is 33.6 Å². The van der Waals surface area contributed by atoms with Crippen molar-refractivity contribution in [2.75, 3.05) is 0 Å². The zero-order valence-corrected chi connectivity index (χ0v) is 8.02. The van der Waals surface area contributed by atoms with Crippen LogP contribution >= 0.6 is 0 Å². The number of hydrogen-bond acceptors (Lipinski definition) is 1. The number of rotatable bonds is 2. The number of aryl methyl sites for hydroxylation is 1. The second-order valence-electron chi connectivity index (χ2n) is 3.07. The third-order valence-corrected chi connectivity index (χ3v) is 2.35. The van der Waals surface area contributed by atoms with Crippen molar-refractivity contribution in [3.8, 4) is 5.75 Å². The molecule has 0 aliphatic carbocycles. The van der Waals surface area contributed by atoms with Crippen molar-refractivity contribution in [1.29, 1.82) is 0 Å². The Morgan fingerprint density at radius 2 is 1.67 bits per heavy atom. The van der Waals surface area contributed by atoms with Crippen LogP contribution in [0.2, 0.25) is 0 Å². The predicted octanol–water partition coefficient (Wildman–Crippen LogP) is 2.83. The van der Waals surface area contributed by atoms with Gasteiger partial charge in [-0.1, -0.05) is 19.9 Å². The summed E-state index contributed by atoms with van der Waals surface area (Å²) in [6.07, 6.45) is 1.92. The molecule has 1 N–H and O–H groups in total. The van der Waals surface area contributed by atoms with E-state index in [1.54, 1.807) is 6.07 Å². The van der Waals surface area contributed by atoms with Gasteiger partial charge in [0.25, 0.3) is 0 Å². The second-order valence-corrected chi connectivity index (χ2v) is 3.07. The molecule has 66 valence electrons. The third-order valence-electron chi connectivity index (χ3n) is 2.35. The Hall–Kier alpha value is -0.980. The standard InChI is InChI=1S/C11H16O/c1-4-9-8(3)6-7-11(12)10(9)5-2/h6-7,12H,4-5H2,1-3H3. The van der Waals surface area contributed by atoms with E-state index in [2.05, 4.69) is 20.8 Å². The van der Waals surface area contributed by atoms with Crippen molar-refractivity contribution in [3.05, 3.63) is 28.8 Å². The summed E-state index contributed by atoms with van der Waals surface area (Å²) in [5.41, 5.74) is 3.70. The van der Waals surface area contributed by atoms with Gasteiger partial charge in [0.1, 0.15) is 5.75 Å². The van der Waals surface area contributed by atoms with Crippen LogP contribution in [0.5, 0.6) is 5.75 Å². The number of aromatic hydroxyl groups is 1. The molecule has 1 rings (SSSR count). The van der Waals surface area contributed by atoms with Crippen LogP contribution in [0, 0.1) is 6.92 Å². The molecule has 0 heterocycles. The van der Waals surface area contributed by atoms with E-state index in [0.717, 1.165) is 18.4 Å². The van der Waals surface area contributed by atoms with Crippen LogP contribution in [-0.4, -0.2) is 5.11 Å². The number of hydrogen-bond donors (Lipinski definition) is 1. The molecule has 12 heavy (non-hydrogen) atoms. The van der Waals surface area contributed by atoms with E-state index in [1.807, 2.05) is 6.07 Å². The summed E-state index contributed by atoms with van der Waals surface area (Å²) in [6.45, 7) is 6.30. The maximum absolute atomic E-state index is 9.55. The average Bonchev–Trinajstić information content (AvgIpc) is 2.08. The summed E-state index contributed by atoms with van der Waals surface area (Å²) in [4.78, 5) is 0. The lowest BCUT2D eigenvalue weighted by molar-refractivity contribution is 0.467. The van der Waals surface area contributed by atoms with Gasteiger partial charge in [-0.05, 0) is 42.5 Å². The van der Waals surface area contributed by atoms with Crippen molar-refractivity contribution in [3.63, 3.8) is 0 Å². The fourth-order valence-corrected chi connectivity index (χ4v) is 1.68. The van der Waals surface area contributed by atoms with Gasteiger partial charge in [0.15, 0.2) is 0 Å². The Morgan fingerprint density at radius 3 is 2.08 bits per heavy atom. The smallest absolute Gasteiger partial charge is 0.119 e. The first-order valence-electron chi connectivity index (χ1n) is 4.51. The van der Waals surface area contributed by atoms with E-state index in [4.69, 9.17) is 0 Å². The minimum Gasteiger partial charge on any atom is -0.508 e. The summed E-state index contributed by atoms with van der Waals surface area (Å²) >= 11 is 0. The predicted molar refractivity (Wildman–Crippen MR) is 51.6 cm³/mol. The molecule has 0 atom stereocenters. The van der Waals surface area contributed by atoms with Gasteiger partial charge in [0.05, 0.1) is 0 Å². The lowest BCUT2D eigenvalue weighted by Gasteiger charge is -2.10. The van der Waals surface area contributed by atoms with Crippen LogP contribution in [0.3, 0.4) is 0 Å². The maximum atomic E-state index is 9.55. The fourth-order valence-electron chi connectivity index (χ4n) is 1.68. The minimum atomic E-state index is 0.444. The highest BCUT2D eigenvalue weighted by atomic mass is 16.3. The average molecular weight is 164 g/mol. The Kier molecular flexibility index (Phi) is 2.74. The summed E-state index contributed by atoms with van der Waals surface area (Å²) in [6, 6.07) is 3.76. The monoisotopic (exact) mass is 164 g/mol. The van der Waals surface area contributed by atoms with Crippen molar-refractivity contribution in [2.24, 2.45) is 0 Å². The SMILES string of the molecule is CCc1c(C)ccc(O)c1CC. The molecule has 0 spiro atoms. The fraction of sp³-hybridized carbons (Fsp3) is 0.455. The van der Waals surface area contributed by atoms with Gasteiger partial charge in [-0.15, -0.1) is 0 Å². The molecule has 0 aliphatic rings. The van der Waals surface area contributed by atoms with Crippen LogP contribution < -0.4 is 0 Å². The van der Waals surface area contributed by atoms with E-state index < -0.39 is 0 Å². The van der Waals surface area contributed by atoms with Crippen molar-refractivity contribution >= 4 is 0 Å². The molecule has 0 bridgehead atoms. The molecule has 0 radical (unpaired) electrons. The molecule has 1 heteroatoms. The molecule has 0 amide bonds.